The number of halogens is 2. The maximum atomic E-state index is 13.7. The summed E-state index contributed by atoms with van der Waals surface area (Å²) in [6.07, 6.45) is 2.37. The van der Waals surface area contributed by atoms with E-state index in [1.807, 2.05) is 0 Å². The fourth-order valence-electron chi connectivity index (χ4n) is 2.61. The highest BCUT2D eigenvalue weighted by molar-refractivity contribution is 5.76. The van der Waals surface area contributed by atoms with Gasteiger partial charge in [0.2, 0.25) is 0 Å². The van der Waals surface area contributed by atoms with E-state index in [2.05, 4.69) is 5.32 Å². The molecule has 2 rings (SSSR count). The molecule has 0 unspecified atom stereocenters. The minimum absolute atomic E-state index is 0.117. The number of hydrogen-bond donors (Lipinski definition) is 2. The van der Waals surface area contributed by atoms with Crippen molar-refractivity contribution in [2.45, 2.75) is 25.7 Å². The van der Waals surface area contributed by atoms with Gasteiger partial charge in [0.05, 0.1) is 22.5 Å². The van der Waals surface area contributed by atoms with E-state index in [4.69, 9.17) is 0 Å². The Balaban J connectivity index is 2.20. The first-order valence-corrected chi connectivity index (χ1v) is 6.46. The minimum Gasteiger partial charge on any atom is -0.481 e. The second-order valence-electron chi connectivity index (χ2n) is 5.19. The van der Waals surface area contributed by atoms with Crippen molar-refractivity contribution in [1.29, 1.82) is 0 Å². The van der Waals surface area contributed by atoms with Crippen molar-refractivity contribution in [3.05, 3.63) is 33.9 Å². The molecule has 1 aromatic rings. The lowest BCUT2D eigenvalue weighted by atomic mass is 9.86. The second-order valence-corrected chi connectivity index (χ2v) is 5.19. The molecule has 114 valence electrons. The van der Waals surface area contributed by atoms with Gasteiger partial charge < -0.3 is 10.4 Å². The third-order valence-corrected chi connectivity index (χ3v) is 3.86. The number of carboxylic acid groups (broad SMARTS) is 1. The first-order chi connectivity index (χ1) is 9.85. The maximum Gasteiger partial charge on any atom is 0.311 e. The zero-order valence-corrected chi connectivity index (χ0v) is 11.1. The molecule has 0 bridgehead atoms. The summed E-state index contributed by atoms with van der Waals surface area (Å²) >= 11 is 0. The SMILES string of the molecule is O=C(O)C1(CNc2c(F)cc([N+](=O)[O-])cc2F)CCCC1. The Morgan fingerprint density at radius 1 is 1.33 bits per heavy atom. The van der Waals surface area contributed by atoms with Crippen LogP contribution in [0.2, 0.25) is 0 Å². The number of anilines is 1. The Morgan fingerprint density at radius 3 is 2.29 bits per heavy atom. The topological polar surface area (TPSA) is 92.5 Å². The molecule has 2 N–H and O–H groups in total. The van der Waals surface area contributed by atoms with Crippen molar-refractivity contribution in [2.24, 2.45) is 5.41 Å². The van der Waals surface area contributed by atoms with Crippen LogP contribution in [0, 0.1) is 27.2 Å². The van der Waals surface area contributed by atoms with Gasteiger partial charge in [0.15, 0.2) is 11.6 Å². The van der Waals surface area contributed by atoms with E-state index in [0.717, 1.165) is 12.8 Å². The molecule has 1 saturated carbocycles. The third kappa shape index (κ3) is 2.93. The highest BCUT2D eigenvalue weighted by Crippen LogP contribution is 2.39. The number of non-ortho nitro benzene ring substituents is 1. The first kappa shape index (κ1) is 15.1. The van der Waals surface area contributed by atoms with Crippen molar-refractivity contribution in [1.82, 2.24) is 0 Å². The van der Waals surface area contributed by atoms with Crippen molar-refractivity contribution in [3.63, 3.8) is 0 Å². The zero-order chi connectivity index (χ0) is 15.6. The molecule has 6 nitrogen and oxygen atoms in total. The molecule has 1 fully saturated rings. The highest BCUT2D eigenvalue weighted by atomic mass is 19.1. The number of nitro benzene ring substituents is 1. The lowest BCUT2D eigenvalue weighted by Crippen LogP contribution is -2.35. The summed E-state index contributed by atoms with van der Waals surface area (Å²) in [4.78, 5) is 20.9. The van der Waals surface area contributed by atoms with Crippen LogP contribution in [0.15, 0.2) is 12.1 Å². The Labute approximate surface area is 118 Å². The van der Waals surface area contributed by atoms with Crippen LogP contribution in [0.25, 0.3) is 0 Å². The molecule has 1 aliphatic rings. The van der Waals surface area contributed by atoms with E-state index in [0.29, 0.717) is 25.0 Å². The fraction of sp³-hybridized carbons (Fsp3) is 0.462. The molecule has 0 heterocycles. The fourth-order valence-corrected chi connectivity index (χ4v) is 2.61. The van der Waals surface area contributed by atoms with Crippen LogP contribution < -0.4 is 5.32 Å². The number of hydrogen-bond acceptors (Lipinski definition) is 4. The largest absolute Gasteiger partial charge is 0.481 e. The summed E-state index contributed by atoms with van der Waals surface area (Å²) in [5.74, 6) is -3.23. The quantitative estimate of drug-likeness (QED) is 0.644. The van der Waals surface area contributed by atoms with Crippen LogP contribution in [0.1, 0.15) is 25.7 Å². The zero-order valence-electron chi connectivity index (χ0n) is 11.1. The van der Waals surface area contributed by atoms with Gasteiger partial charge in [-0.1, -0.05) is 12.8 Å². The monoisotopic (exact) mass is 300 g/mol. The number of nitrogens with one attached hydrogen (secondary N) is 1. The van der Waals surface area contributed by atoms with Crippen LogP contribution in [0.3, 0.4) is 0 Å². The van der Waals surface area contributed by atoms with Crippen LogP contribution in [0.5, 0.6) is 0 Å². The Morgan fingerprint density at radius 2 is 1.86 bits per heavy atom. The third-order valence-electron chi connectivity index (χ3n) is 3.86. The van der Waals surface area contributed by atoms with E-state index in [1.54, 1.807) is 0 Å². The normalized spacial score (nSPS) is 16.7. The average molecular weight is 300 g/mol. The summed E-state index contributed by atoms with van der Waals surface area (Å²) < 4.78 is 27.4. The number of nitrogens with zero attached hydrogens (tertiary/aromatic N) is 1. The van der Waals surface area contributed by atoms with E-state index < -0.39 is 39.3 Å². The predicted molar refractivity (Wildman–Crippen MR) is 70.0 cm³/mol. The average Bonchev–Trinajstić information content (AvgIpc) is 2.87. The van der Waals surface area contributed by atoms with Crippen LogP contribution in [-0.2, 0) is 4.79 Å². The molecule has 0 spiro atoms. The van der Waals surface area contributed by atoms with E-state index in [9.17, 15) is 28.8 Å². The lowest BCUT2D eigenvalue weighted by Gasteiger charge is -2.24. The van der Waals surface area contributed by atoms with Gasteiger partial charge in [-0.15, -0.1) is 0 Å². The smallest absolute Gasteiger partial charge is 0.311 e. The van der Waals surface area contributed by atoms with Gasteiger partial charge in [-0.05, 0) is 12.8 Å². The summed E-state index contributed by atoms with van der Waals surface area (Å²) in [6.45, 7) is -0.117. The molecule has 0 aromatic heterocycles. The van der Waals surface area contributed by atoms with Gasteiger partial charge in [0, 0.05) is 6.54 Å². The van der Waals surface area contributed by atoms with Gasteiger partial charge in [-0.3, -0.25) is 14.9 Å². The molecule has 0 aliphatic heterocycles. The van der Waals surface area contributed by atoms with Gasteiger partial charge in [0.1, 0.15) is 5.69 Å². The van der Waals surface area contributed by atoms with Gasteiger partial charge in [0.25, 0.3) is 5.69 Å². The van der Waals surface area contributed by atoms with Gasteiger partial charge >= 0.3 is 5.97 Å². The standard InChI is InChI=1S/C13H14F2N2O4/c14-9-5-8(17(20)21)6-10(15)11(9)16-7-13(12(18)19)3-1-2-4-13/h5-6,16H,1-4,7H2,(H,18,19). The Kier molecular flexibility index (Phi) is 4.06. The van der Waals surface area contributed by atoms with Crippen LogP contribution in [-0.4, -0.2) is 22.5 Å². The number of benzene rings is 1. The van der Waals surface area contributed by atoms with Gasteiger partial charge in [-0.25, -0.2) is 8.78 Å². The predicted octanol–water partition coefficient (Wildman–Crippen LogP) is 2.93. The molecule has 0 atom stereocenters. The first-order valence-electron chi connectivity index (χ1n) is 6.46. The van der Waals surface area contributed by atoms with Crippen molar-refractivity contribution >= 4 is 17.3 Å². The van der Waals surface area contributed by atoms with Crippen LogP contribution >= 0.6 is 0 Å². The highest BCUT2D eigenvalue weighted by Gasteiger charge is 2.41. The summed E-state index contributed by atoms with van der Waals surface area (Å²) in [6, 6.07) is 1.21. The molecule has 1 aromatic carbocycles. The number of carboxylic acids is 1. The second kappa shape index (κ2) is 5.63. The lowest BCUT2D eigenvalue weighted by molar-refractivity contribution is -0.385. The van der Waals surface area contributed by atoms with Crippen molar-refractivity contribution in [2.75, 3.05) is 11.9 Å². The van der Waals surface area contributed by atoms with E-state index in [1.165, 1.54) is 0 Å². The Hall–Kier alpha value is -2.25. The summed E-state index contributed by atoms with van der Waals surface area (Å²) in [5.41, 5.74) is -2.27. The molecule has 8 heteroatoms. The molecule has 0 radical (unpaired) electrons. The molecule has 21 heavy (non-hydrogen) atoms. The van der Waals surface area contributed by atoms with E-state index in [-0.39, 0.29) is 6.54 Å². The molecule has 0 saturated heterocycles. The number of aliphatic carboxylic acids is 1. The van der Waals surface area contributed by atoms with E-state index >= 15 is 0 Å². The van der Waals surface area contributed by atoms with Crippen molar-refractivity contribution in [3.8, 4) is 0 Å². The summed E-state index contributed by atoms with van der Waals surface area (Å²) in [7, 11) is 0. The molecule has 1 aliphatic carbocycles. The maximum absolute atomic E-state index is 13.7. The number of rotatable bonds is 5. The minimum atomic E-state index is -1.11. The van der Waals surface area contributed by atoms with Gasteiger partial charge in [-0.2, -0.15) is 0 Å². The van der Waals surface area contributed by atoms with Crippen LogP contribution in [0.4, 0.5) is 20.2 Å². The molecule has 0 amide bonds. The van der Waals surface area contributed by atoms with Crippen molar-refractivity contribution < 1.29 is 23.6 Å². The summed E-state index contributed by atoms with van der Waals surface area (Å²) in [5, 5.41) is 22.2. The number of nitro groups is 1. The Bertz CT molecular complexity index is 563. The number of carbonyl (C=O) groups is 1. The molecular formula is C13H14F2N2O4. The molecular weight excluding hydrogens is 286 g/mol.